The van der Waals surface area contributed by atoms with Gasteiger partial charge in [0.1, 0.15) is 30.5 Å². The number of nitrogens with two attached hydrogens (primary N) is 1. The van der Waals surface area contributed by atoms with Crippen molar-refractivity contribution < 1.29 is 14.2 Å². The molecule has 8 nitrogen and oxygen atoms in total. The second kappa shape index (κ2) is 6.80. The molecule has 8 heteroatoms. The highest BCUT2D eigenvalue weighted by atomic mass is 16.5. The number of nitrogens with zero attached hydrogens (tertiary/aromatic N) is 3. The molecule has 3 N–H and O–H groups in total. The fourth-order valence-electron chi connectivity index (χ4n) is 2.30. The van der Waals surface area contributed by atoms with E-state index in [0.29, 0.717) is 31.3 Å². The van der Waals surface area contributed by atoms with E-state index in [1.54, 1.807) is 27.4 Å². The van der Waals surface area contributed by atoms with E-state index in [2.05, 4.69) is 20.3 Å². The van der Waals surface area contributed by atoms with E-state index in [4.69, 9.17) is 20.1 Å². The minimum absolute atomic E-state index is 0.0233. The molecular formula is C12H21N5O3. The normalized spacial score (nSPS) is 22.3. The van der Waals surface area contributed by atoms with Crippen molar-refractivity contribution in [1.82, 2.24) is 9.97 Å². The second-order valence-corrected chi connectivity index (χ2v) is 4.56. The first-order chi connectivity index (χ1) is 9.71. The summed E-state index contributed by atoms with van der Waals surface area (Å²) < 4.78 is 15.9. The van der Waals surface area contributed by atoms with Gasteiger partial charge in [-0.1, -0.05) is 0 Å². The minimum Gasteiger partial charge on any atom is -0.377 e. The maximum Gasteiger partial charge on any atom is 0.158 e. The molecule has 0 aliphatic carbocycles. The summed E-state index contributed by atoms with van der Waals surface area (Å²) in [6.07, 6.45) is 0.0465. The fourth-order valence-corrected chi connectivity index (χ4v) is 2.30. The van der Waals surface area contributed by atoms with Crippen LogP contribution in [0.3, 0.4) is 0 Å². The molecule has 0 spiro atoms. The van der Waals surface area contributed by atoms with Gasteiger partial charge >= 0.3 is 0 Å². The lowest BCUT2D eigenvalue weighted by molar-refractivity contribution is -0.00461. The van der Waals surface area contributed by atoms with Crippen molar-refractivity contribution in [2.75, 3.05) is 44.7 Å². The zero-order valence-electron chi connectivity index (χ0n) is 12.0. The highest BCUT2D eigenvalue weighted by Crippen LogP contribution is 2.23. The van der Waals surface area contributed by atoms with E-state index in [9.17, 15) is 0 Å². The first-order valence-electron chi connectivity index (χ1n) is 6.35. The van der Waals surface area contributed by atoms with Gasteiger partial charge in [-0.2, -0.15) is 0 Å². The minimum atomic E-state index is 0.0233. The van der Waals surface area contributed by atoms with E-state index in [-0.39, 0.29) is 12.2 Å². The Balaban J connectivity index is 2.21. The van der Waals surface area contributed by atoms with Crippen LogP contribution in [0.25, 0.3) is 0 Å². The van der Waals surface area contributed by atoms with Crippen LogP contribution in [0.5, 0.6) is 0 Å². The van der Waals surface area contributed by atoms with Crippen LogP contribution >= 0.6 is 0 Å². The van der Waals surface area contributed by atoms with Crippen LogP contribution in [-0.4, -0.2) is 56.6 Å². The smallest absolute Gasteiger partial charge is 0.158 e. The molecule has 1 saturated heterocycles. The number of ether oxygens (including phenoxy) is 3. The van der Waals surface area contributed by atoms with Gasteiger partial charge in [-0.25, -0.2) is 15.8 Å². The Morgan fingerprint density at radius 1 is 1.25 bits per heavy atom. The fraction of sp³-hybridized carbons (Fsp3) is 0.667. The molecule has 2 heterocycles. The van der Waals surface area contributed by atoms with Crippen LogP contribution in [0.4, 0.5) is 11.6 Å². The van der Waals surface area contributed by atoms with Crippen LogP contribution in [0.2, 0.25) is 0 Å². The number of aromatic nitrogens is 2. The lowest BCUT2D eigenvalue weighted by Gasteiger charge is -2.18. The van der Waals surface area contributed by atoms with Crippen molar-refractivity contribution >= 4 is 11.6 Å². The quantitative estimate of drug-likeness (QED) is 0.545. The van der Waals surface area contributed by atoms with Crippen molar-refractivity contribution in [3.8, 4) is 0 Å². The molecule has 0 bridgehead atoms. The van der Waals surface area contributed by atoms with Gasteiger partial charge in [0.2, 0.25) is 0 Å². The molecule has 1 aliphatic rings. The van der Waals surface area contributed by atoms with Gasteiger partial charge in [0.05, 0.1) is 0 Å². The maximum absolute atomic E-state index is 5.44. The molecule has 1 aromatic heterocycles. The number of nitrogens with one attached hydrogen (secondary N) is 1. The van der Waals surface area contributed by atoms with Gasteiger partial charge in [-0.15, -0.1) is 0 Å². The summed E-state index contributed by atoms with van der Waals surface area (Å²) in [7, 11) is 4.97. The number of hydrogen-bond acceptors (Lipinski definition) is 8. The van der Waals surface area contributed by atoms with Crippen LogP contribution in [0.1, 0.15) is 5.82 Å². The number of hydrazine groups is 1. The molecule has 1 aromatic rings. The van der Waals surface area contributed by atoms with Gasteiger partial charge in [0.15, 0.2) is 5.82 Å². The number of methoxy groups -OCH3 is 3. The summed E-state index contributed by atoms with van der Waals surface area (Å²) in [5, 5.41) is 0. The lowest BCUT2D eigenvalue weighted by Crippen LogP contribution is -2.27. The van der Waals surface area contributed by atoms with Crippen LogP contribution in [-0.2, 0) is 20.8 Å². The molecule has 1 fully saturated rings. The standard InChI is InChI=1S/C12H21N5O3/c1-18-7-11-14-10(16-13)4-12(15-11)17-5-8(19-2)9(6-17)20-3/h4,8-9H,5-7,13H2,1-3H3,(H,14,15,16). The van der Waals surface area contributed by atoms with Gasteiger partial charge in [0.25, 0.3) is 0 Å². The van der Waals surface area contributed by atoms with Gasteiger partial charge in [0, 0.05) is 40.5 Å². The third-order valence-electron chi connectivity index (χ3n) is 3.33. The average Bonchev–Trinajstić information content (AvgIpc) is 2.90. The molecule has 2 rings (SSSR count). The van der Waals surface area contributed by atoms with E-state index >= 15 is 0 Å². The highest BCUT2D eigenvalue weighted by Gasteiger charge is 2.33. The third-order valence-corrected chi connectivity index (χ3v) is 3.33. The summed E-state index contributed by atoms with van der Waals surface area (Å²) in [5.74, 6) is 7.35. The van der Waals surface area contributed by atoms with Gasteiger partial charge in [-0.05, 0) is 0 Å². The first kappa shape index (κ1) is 14.9. The van der Waals surface area contributed by atoms with Crippen molar-refractivity contribution in [1.29, 1.82) is 0 Å². The molecule has 2 atom stereocenters. The predicted octanol–water partition coefficient (Wildman–Crippen LogP) is -0.241. The number of rotatable bonds is 6. The Hall–Kier alpha value is -1.48. The van der Waals surface area contributed by atoms with Crippen LogP contribution in [0.15, 0.2) is 6.07 Å². The Morgan fingerprint density at radius 3 is 2.40 bits per heavy atom. The molecule has 0 amide bonds. The van der Waals surface area contributed by atoms with Gasteiger partial charge < -0.3 is 24.5 Å². The molecule has 0 aromatic carbocycles. The van der Waals surface area contributed by atoms with Gasteiger partial charge in [-0.3, -0.25) is 0 Å². The largest absolute Gasteiger partial charge is 0.377 e. The van der Waals surface area contributed by atoms with Crippen molar-refractivity contribution in [3.63, 3.8) is 0 Å². The van der Waals surface area contributed by atoms with Crippen LogP contribution < -0.4 is 16.2 Å². The first-order valence-corrected chi connectivity index (χ1v) is 6.35. The van der Waals surface area contributed by atoms with E-state index in [1.165, 1.54) is 0 Å². The van der Waals surface area contributed by atoms with Crippen molar-refractivity contribution in [2.45, 2.75) is 18.8 Å². The van der Waals surface area contributed by atoms with E-state index in [0.717, 1.165) is 5.82 Å². The summed E-state index contributed by atoms with van der Waals surface area (Å²) in [5.41, 5.74) is 2.54. The summed E-state index contributed by atoms with van der Waals surface area (Å²) in [6.45, 7) is 1.75. The Labute approximate surface area is 118 Å². The van der Waals surface area contributed by atoms with E-state index in [1.807, 2.05) is 0 Å². The molecule has 0 radical (unpaired) electrons. The molecule has 2 unspecified atom stereocenters. The predicted molar refractivity (Wildman–Crippen MR) is 74.4 cm³/mol. The molecule has 1 aliphatic heterocycles. The number of anilines is 2. The highest BCUT2D eigenvalue weighted by molar-refractivity contribution is 5.50. The second-order valence-electron chi connectivity index (χ2n) is 4.56. The zero-order valence-corrected chi connectivity index (χ0v) is 12.0. The molecule has 20 heavy (non-hydrogen) atoms. The average molecular weight is 283 g/mol. The molecule has 0 saturated carbocycles. The summed E-state index contributed by atoms with van der Waals surface area (Å²) in [4.78, 5) is 10.8. The van der Waals surface area contributed by atoms with Crippen molar-refractivity contribution in [2.24, 2.45) is 5.84 Å². The molecular weight excluding hydrogens is 262 g/mol. The monoisotopic (exact) mass is 283 g/mol. The summed E-state index contributed by atoms with van der Waals surface area (Å²) in [6, 6.07) is 1.80. The SMILES string of the molecule is COCc1nc(NN)cc(N2CC(OC)C(OC)C2)n1. The Bertz CT molecular complexity index is 433. The molecule has 112 valence electrons. The van der Waals surface area contributed by atoms with Crippen molar-refractivity contribution in [3.05, 3.63) is 11.9 Å². The third kappa shape index (κ3) is 3.15. The Kier molecular flexibility index (Phi) is 5.07. The topological polar surface area (TPSA) is 94.8 Å². The Morgan fingerprint density at radius 2 is 1.90 bits per heavy atom. The maximum atomic E-state index is 5.44. The number of nitrogen functional groups attached to an aromatic ring is 1. The van der Waals surface area contributed by atoms with Crippen LogP contribution in [0, 0.1) is 0 Å². The number of hydrogen-bond donors (Lipinski definition) is 2. The summed E-state index contributed by atoms with van der Waals surface area (Å²) >= 11 is 0. The zero-order chi connectivity index (χ0) is 14.5. The van der Waals surface area contributed by atoms with E-state index < -0.39 is 0 Å². The lowest BCUT2D eigenvalue weighted by atomic mass is 10.3.